The van der Waals surface area contributed by atoms with Gasteiger partial charge in [-0.3, -0.25) is 14.3 Å². The van der Waals surface area contributed by atoms with Crippen LogP contribution in [0.4, 0.5) is 5.69 Å². The van der Waals surface area contributed by atoms with Crippen molar-refractivity contribution in [1.82, 2.24) is 9.88 Å². The van der Waals surface area contributed by atoms with Crippen LogP contribution in [-0.2, 0) is 10.0 Å². The number of hydrogen-bond acceptors (Lipinski definition) is 6. The molecule has 0 fully saturated rings. The van der Waals surface area contributed by atoms with Crippen LogP contribution in [0.2, 0.25) is 0 Å². The third-order valence-electron chi connectivity index (χ3n) is 5.38. The summed E-state index contributed by atoms with van der Waals surface area (Å²) in [5.41, 5.74) is 0.185. The summed E-state index contributed by atoms with van der Waals surface area (Å²) in [6, 6.07) is 8.92. The summed E-state index contributed by atoms with van der Waals surface area (Å²) in [7, 11) is -2.37. The van der Waals surface area contributed by atoms with Crippen molar-refractivity contribution >= 4 is 32.5 Å². The number of fused-ring (bicyclic) bond motifs is 2. The maximum Gasteiger partial charge on any atom is 0.261 e. The molecule has 1 aliphatic rings. The number of pyridine rings is 1. The Hall–Kier alpha value is -3.53. The molecule has 0 bridgehead atoms. The lowest BCUT2D eigenvalue weighted by Crippen LogP contribution is -2.32. The van der Waals surface area contributed by atoms with E-state index in [9.17, 15) is 18.0 Å². The Morgan fingerprint density at radius 3 is 2.64 bits per heavy atom. The second-order valence-electron chi connectivity index (χ2n) is 7.78. The molecule has 2 aromatic carbocycles. The molecule has 2 heterocycles. The maximum absolute atomic E-state index is 13.0. The zero-order valence-corrected chi connectivity index (χ0v) is 19.2. The van der Waals surface area contributed by atoms with Crippen molar-refractivity contribution in [3.8, 4) is 11.5 Å². The first kappa shape index (κ1) is 22.7. The molecule has 9 nitrogen and oxygen atoms in total. The van der Waals surface area contributed by atoms with E-state index >= 15 is 0 Å². The number of unbranched alkanes of at least 4 members (excludes halogenated alkanes) is 1. The molecule has 0 unspecified atom stereocenters. The Balaban J connectivity index is 1.65. The summed E-state index contributed by atoms with van der Waals surface area (Å²) in [4.78, 5) is 30.1. The molecule has 0 aliphatic carbocycles. The van der Waals surface area contributed by atoms with Gasteiger partial charge in [-0.1, -0.05) is 13.3 Å². The first-order valence-electron chi connectivity index (χ1n) is 10.6. The molecule has 174 valence electrons. The number of carbonyl (C=O) groups is 1. The fourth-order valence-corrected chi connectivity index (χ4v) is 4.62. The van der Waals surface area contributed by atoms with E-state index in [2.05, 4.69) is 9.71 Å². The number of sulfonamides is 1. The smallest absolute Gasteiger partial charge is 0.261 e. The van der Waals surface area contributed by atoms with Crippen molar-refractivity contribution in [1.29, 1.82) is 0 Å². The molecule has 33 heavy (non-hydrogen) atoms. The topological polar surface area (TPSA) is 118 Å². The van der Waals surface area contributed by atoms with Gasteiger partial charge in [-0.25, -0.2) is 8.42 Å². The van der Waals surface area contributed by atoms with Crippen LogP contribution in [0, 0.1) is 0 Å². The minimum Gasteiger partial charge on any atom is -0.486 e. The van der Waals surface area contributed by atoms with Crippen molar-refractivity contribution in [2.45, 2.75) is 24.7 Å². The van der Waals surface area contributed by atoms with E-state index in [1.807, 2.05) is 6.92 Å². The van der Waals surface area contributed by atoms with Crippen molar-refractivity contribution in [2.24, 2.45) is 0 Å². The summed E-state index contributed by atoms with van der Waals surface area (Å²) in [5.74, 6) is 0.587. The molecule has 0 spiro atoms. The van der Waals surface area contributed by atoms with Gasteiger partial charge >= 0.3 is 0 Å². The standard InChI is InChI=1S/C23H25N3O6S/c1-3-4-9-26(2)23(28)18-14-24-19-7-6-16(13-17(19)22(18)27)33(29,30)25-15-5-8-20-21(12-15)32-11-10-31-20/h5-8,12-14,25H,3-4,9-11H2,1-2H3,(H,24,27). The lowest BCUT2D eigenvalue weighted by molar-refractivity contribution is 0.0792. The molecular formula is C23H25N3O6S. The minimum absolute atomic E-state index is 0.0320. The predicted octanol–water partition coefficient (Wildman–Crippen LogP) is 2.97. The molecule has 1 amide bonds. The van der Waals surface area contributed by atoms with Gasteiger partial charge in [-0.15, -0.1) is 0 Å². The Labute approximate surface area is 191 Å². The third-order valence-corrected chi connectivity index (χ3v) is 6.76. The lowest BCUT2D eigenvalue weighted by atomic mass is 10.1. The Morgan fingerprint density at radius 1 is 1.12 bits per heavy atom. The van der Waals surface area contributed by atoms with E-state index in [0.717, 1.165) is 12.8 Å². The highest BCUT2D eigenvalue weighted by Gasteiger charge is 2.21. The van der Waals surface area contributed by atoms with E-state index in [4.69, 9.17) is 9.47 Å². The zero-order chi connectivity index (χ0) is 23.6. The largest absolute Gasteiger partial charge is 0.486 e. The average Bonchev–Trinajstić information content (AvgIpc) is 2.82. The van der Waals surface area contributed by atoms with Gasteiger partial charge in [0.1, 0.15) is 18.8 Å². The maximum atomic E-state index is 13.0. The Kier molecular flexibility index (Phi) is 6.28. The number of nitrogens with one attached hydrogen (secondary N) is 2. The summed E-state index contributed by atoms with van der Waals surface area (Å²) in [6.07, 6.45) is 3.11. The molecule has 0 saturated carbocycles. The predicted molar refractivity (Wildman–Crippen MR) is 125 cm³/mol. The summed E-state index contributed by atoms with van der Waals surface area (Å²) < 4.78 is 39.4. The molecule has 3 aromatic rings. The van der Waals surface area contributed by atoms with Gasteiger partial charge in [0.15, 0.2) is 11.5 Å². The van der Waals surface area contributed by atoms with Crippen LogP contribution >= 0.6 is 0 Å². The van der Waals surface area contributed by atoms with Gasteiger partial charge in [-0.2, -0.15) is 0 Å². The highest BCUT2D eigenvalue weighted by Crippen LogP contribution is 2.33. The van der Waals surface area contributed by atoms with Gasteiger partial charge in [-0.05, 0) is 36.8 Å². The molecular weight excluding hydrogens is 446 g/mol. The first-order valence-corrected chi connectivity index (χ1v) is 12.1. The fraction of sp³-hybridized carbons (Fsp3) is 0.304. The van der Waals surface area contributed by atoms with Crippen LogP contribution in [0.5, 0.6) is 11.5 Å². The van der Waals surface area contributed by atoms with Crippen LogP contribution in [0.15, 0.2) is 52.3 Å². The molecule has 4 rings (SSSR count). The first-order chi connectivity index (χ1) is 15.8. The number of hydrogen-bond donors (Lipinski definition) is 2. The van der Waals surface area contributed by atoms with Crippen molar-refractivity contribution in [3.63, 3.8) is 0 Å². The number of nitrogens with zero attached hydrogens (tertiary/aromatic N) is 1. The number of carbonyl (C=O) groups excluding carboxylic acids is 1. The van der Waals surface area contributed by atoms with Gasteiger partial charge in [0.2, 0.25) is 5.43 Å². The Bertz CT molecular complexity index is 1370. The van der Waals surface area contributed by atoms with E-state index in [0.29, 0.717) is 42.5 Å². The minimum atomic E-state index is -4.00. The van der Waals surface area contributed by atoms with Gasteiger partial charge < -0.3 is 19.4 Å². The molecule has 0 radical (unpaired) electrons. The molecule has 10 heteroatoms. The van der Waals surface area contributed by atoms with Gasteiger partial charge in [0.25, 0.3) is 15.9 Å². The van der Waals surface area contributed by atoms with E-state index in [1.54, 1.807) is 25.2 Å². The quantitative estimate of drug-likeness (QED) is 0.547. The highest BCUT2D eigenvalue weighted by molar-refractivity contribution is 7.92. The van der Waals surface area contributed by atoms with Crippen LogP contribution < -0.4 is 19.6 Å². The van der Waals surface area contributed by atoms with Gasteiger partial charge in [0, 0.05) is 36.8 Å². The normalized spacial score (nSPS) is 13.0. The van der Waals surface area contributed by atoms with Crippen molar-refractivity contribution < 1.29 is 22.7 Å². The summed E-state index contributed by atoms with van der Waals surface area (Å²) in [6.45, 7) is 3.36. The second-order valence-corrected chi connectivity index (χ2v) is 9.47. The third kappa shape index (κ3) is 4.65. The molecule has 2 N–H and O–H groups in total. The highest BCUT2D eigenvalue weighted by atomic mass is 32.2. The molecule has 1 aromatic heterocycles. The number of H-pyrrole nitrogens is 1. The van der Waals surface area contributed by atoms with Crippen LogP contribution in [0.3, 0.4) is 0 Å². The van der Waals surface area contributed by atoms with Gasteiger partial charge in [0.05, 0.1) is 10.6 Å². The number of anilines is 1. The lowest BCUT2D eigenvalue weighted by Gasteiger charge is -2.19. The van der Waals surface area contributed by atoms with Crippen LogP contribution in [0.25, 0.3) is 10.9 Å². The van der Waals surface area contributed by atoms with Crippen molar-refractivity contribution in [3.05, 3.63) is 58.4 Å². The fourth-order valence-electron chi connectivity index (χ4n) is 3.55. The van der Waals surface area contributed by atoms with Crippen LogP contribution in [0.1, 0.15) is 30.1 Å². The average molecular weight is 472 g/mol. The second kappa shape index (κ2) is 9.14. The number of aromatic nitrogens is 1. The van der Waals surface area contributed by atoms with E-state index in [1.165, 1.54) is 29.3 Å². The summed E-state index contributed by atoms with van der Waals surface area (Å²) >= 11 is 0. The molecule has 0 atom stereocenters. The van der Waals surface area contributed by atoms with E-state index in [-0.39, 0.29) is 15.8 Å². The SMILES string of the molecule is CCCCN(C)C(=O)c1c[nH]c2ccc(S(=O)(=O)Nc3ccc4c(c3)OCCO4)cc2c1=O. The number of rotatable bonds is 7. The number of benzene rings is 2. The zero-order valence-electron chi connectivity index (χ0n) is 18.4. The number of aromatic amines is 1. The molecule has 0 saturated heterocycles. The summed E-state index contributed by atoms with van der Waals surface area (Å²) in [5, 5.41) is 0.120. The monoisotopic (exact) mass is 471 g/mol. The van der Waals surface area contributed by atoms with Crippen molar-refractivity contribution in [2.75, 3.05) is 31.5 Å². The van der Waals surface area contributed by atoms with E-state index < -0.39 is 21.4 Å². The number of amides is 1. The molecule has 1 aliphatic heterocycles. The Morgan fingerprint density at radius 2 is 1.88 bits per heavy atom. The number of ether oxygens (including phenoxy) is 2. The van der Waals surface area contributed by atoms with Crippen LogP contribution in [-0.4, -0.2) is 51.0 Å².